The summed E-state index contributed by atoms with van der Waals surface area (Å²) in [6.45, 7) is 0. The lowest BCUT2D eigenvalue weighted by Gasteiger charge is -2.10. The number of aromatic nitrogens is 2. The number of hydrogen-bond acceptors (Lipinski definition) is 5. The van der Waals surface area contributed by atoms with E-state index in [1.165, 1.54) is 23.7 Å². The fraction of sp³-hybridized carbons (Fsp3) is 0.333. The van der Waals surface area contributed by atoms with Gasteiger partial charge in [0.2, 0.25) is 5.91 Å². The molecule has 0 spiro atoms. The summed E-state index contributed by atoms with van der Waals surface area (Å²) in [4.78, 5) is 20.8. The molecule has 6 heteroatoms. The Balaban J connectivity index is 1.69. The quantitative estimate of drug-likeness (QED) is 0.683. The van der Waals surface area contributed by atoms with Crippen LogP contribution in [0.3, 0.4) is 0 Å². The predicted octanol–water partition coefficient (Wildman–Crippen LogP) is 3.35. The van der Waals surface area contributed by atoms with E-state index in [0.717, 1.165) is 31.4 Å². The Bertz CT molecular complexity index is 771. The van der Waals surface area contributed by atoms with Crippen molar-refractivity contribution >= 4 is 23.5 Å². The van der Waals surface area contributed by atoms with Gasteiger partial charge in [-0.05, 0) is 49.4 Å². The van der Waals surface area contributed by atoms with E-state index in [-0.39, 0.29) is 11.7 Å². The smallest absolute Gasteiger partial charge is 0.235 e. The Hall–Kier alpha value is -2.39. The monoisotopic (exact) mass is 338 g/mol. The van der Waals surface area contributed by atoms with Crippen LogP contribution in [0.1, 0.15) is 36.1 Å². The largest absolute Gasteiger partial charge is 0.310 e. The zero-order chi connectivity index (χ0) is 16.8. The number of nitriles is 1. The molecule has 0 aromatic carbocycles. The van der Waals surface area contributed by atoms with Gasteiger partial charge in [0.25, 0.3) is 0 Å². The number of anilines is 1. The van der Waals surface area contributed by atoms with E-state index in [1.54, 1.807) is 18.3 Å². The Labute approximate surface area is 145 Å². The highest BCUT2D eigenvalue weighted by Gasteiger charge is 2.15. The van der Waals surface area contributed by atoms with Crippen molar-refractivity contribution in [3.63, 3.8) is 0 Å². The van der Waals surface area contributed by atoms with Crippen LogP contribution in [-0.4, -0.2) is 21.6 Å². The van der Waals surface area contributed by atoms with E-state index in [1.807, 2.05) is 12.1 Å². The molecule has 0 bridgehead atoms. The highest BCUT2D eigenvalue weighted by atomic mass is 32.2. The van der Waals surface area contributed by atoms with Gasteiger partial charge in [0.15, 0.2) is 0 Å². The van der Waals surface area contributed by atoms with Crippen molar-refractivity contribution in [3.05, 3.63) is 47.3 Å². The molecular formula is C18H18N4OS. The number of thioether (sulfide) groups is 1. The summed E-state index contributed by atoms with van der Waals surface area (Å²) in [7, 11) is 0. The molecule has 0 aliphatic heterocycles. The molecule has 1 amide bonds. The molecule has 5 nitrogen and oxygen atoms in total. The highest BCUT2D eigenvalue weighted by molar-refractivity contribution is 8.00. The third-order valence-corrected chi connectivity index (χ3v) is 4.90. The molecule has 1 aliphatic carbocycles. The molecule has 122 valence electrons. The van der Waals surface area contributed by atoms with Crippen LogP contribution >= 0.6 is 11.8 Å². The van der Waals surface area contributed by atoms with E-state index < -0.39 is 0 Å². The number of carbonyl (C=O) groups is 1. The van der Waals surface area contributed by atoms with Crippen molar-refractivity contribution in [2.75, 3.05) is 11.1 Å². The van der Waals surface area contributed by atoms with Gasteiger partial charge in [-0.15, -0.1) is 0 Å². The highest BCUT2D eigenvalue weighted by Crippen LogP contribution is 2.27. The average Bonchev–Trinajstić information content (AvgIpc) is 2.84. The second-order valence-electron chi connectivity index (χ2n) is 5.67. The minimum atomic E-state index is -0.153. The van der Waals surface area contributed by atoms with Crippen molar-refractivity contribution in [2.24, 2.45) is 0 Å². The summed E-state index contributed by atoms with van der Waals surface area (Å²) >= 11 is 1.31. The number of pyridine rings is 2. The van der Waals surface area contributed by atoms with Gasteiger partial charge in [0.1, 0.15) is 16.9 Å². The number of hydrogen-bond donors (Lipinski definition) is 1. The average molecular weight is 338 g/mol. The minimum Gasteiger partial charge on any atom is -0.310 e. The fourth-order valence-corrected chi connectivity index (χ4v) is 3.51. The Morgan fingerprint density at radius 3 is 2.96 bits per heavy atom. The van der Waals surface area contributed by atoms with Crippen molar-refractivity contribution in [3.8, 4) is 6.07 Å². The topological polar surface area (TPSA) is 78.7 Å². The molecule has 0 unspecified atom stereocenters. The van der Waals surface area contributed by atoms with Crippen molar-refractivity contribution in [1.82, 2.24) is 9.97 Å². The summed E-state index contributed by atoms with van der Waals surface area (Å²) < 4.78 is 0. The summed E-state index contributed by atoms with van der Waals surface area (Å²) in [6.07, 6.45) is 7.06. The first-order chi connectivity index (χ1) is 11.8. The Morgan fingerprint density at radius 1 is 1.29 bits per heavy atom. The van der Waals surface area contributed by atoms with Crippen molar-refractivity contribution < 1.29 is 4.79 Å². The van der Waals surface area contributed by atoms with E-state index in [4.69, 9.17) is 0 Å². The number of rotatable bonds is 4. The van der Waals surface area contributed by atoms with Gasteiger partial charge >= 0.3 is 0 Å². The van der Waals surface area contributed by atoms with Crippen LogP contribution < -0.4 is 5.32 Å². The number of aryl methyl sites for hydroxylation is 2. The SMILES string of the molecule is N#Cc1cc2c(nc1SCC(=O)Nc1ccccn1)CCCCC2. The van der Waals surface area contributed by atoms with Crippen LogP contribution in [0.15, 0.2) is 35.5 Å². The number of amides is 1. The van der Waals surface area contributed by atoms with Gasteiger partial charge in [-0.2, -0.15) is 5.26 Å². The zero-order valence-electron chi connectivity index (χ0n) is 13.3. The van der Waals surface area contributed by atoms with Gasteiger partial charge in [-0.25, -0.2) is 9.97 Å². The van der Waals surface area contributed by atoms with Crippen molar-refractivity contribution in [2.45, 2.75) is 37.1 Å². The molecule has 0 saturated carbocycles. The number of carbonyl (C=O) groups excluding carboxylic acids is 1. The van der Waals surface area contributed by atoms with Crippen LogP contribution in [-0.2, 0) is 17.6 Å². The molecule has 24 heavy (non-hydrogen) atoms. The third-order valence-electron chi connectivity index (χ3n) is 3.91. The van der Waals surface area contributed by atoms with Crippen molar-refractivity contribution in [1.29, 1.82) is 5.26 Å². The lowest BCUT2D eigenvalue weighted by Crippen LogP contribution is -2.15. The first-order valence-corrected chi connectivity index (χ1v) is 9.01. The lowest BCUT2D eigenvalue weighted by molar-refractivity contribution is -0.113. The van der Waals surface area contributed by atoms with Crippen LogP contribution in [0.4, 0.5) is 5.82 Å². The normalized spacial score (nSPS) is 13.5. The predicted molar refractivity (Wildman–Crippen MR) is 93.8 cm³/mol. The molecule has 0 saturated heterocycles. The second-order valence-corrected chi connectivity index (χ2v) is 6.64. The maximum Gasteiger partial charge on any atom is 0.235 e. The van der Waals surface area contributed by atoms with Crippen LogP contribution in [0.2, 0.25) is 0 Å². The summed E-state index contributed by atoms with van der Waals surface area (Å²) in [5.74, 6) is 0.578. The molecule has 2 aromatic heterocycles. The fourth-order valence-electron chi connectivity index (χ4n) is 2.73. The molecule has 2 aromatic rings. The molecule has 1 N–H and O–H groups in total. The lowest BCUT2D eigenvalue weighted by atomic mass is 10.1. The summed E-state index contributed by atoms with van der Waals surface area (Å²) in [5.41, 5.74) is 2.83. The van der Waals surface area contributed by atoms with E-state index in [2.05, 4.69) is 21.4 Å². The first-order valence-electron chi connectivity index (χ1n) is 8.03. The van der Waals surface area contributed by atoms with Crippen LogP contribution in [0, 0.1) is 11.3 Å². The molecule has 3 rings (SSSR count). The Morgan fingerprint density at radius 2 is 2.17 bits per heavy atom. The Kier molecular flexibility index (Phi) is 5.44. The van der Waals surface area contributed by atoms with Crippen LogP contribution in [0.25, 0.3) is 0 Å². The molecule has 0 fully saturated rings. The van der Waals surface area contributed by atoms with E-state index in [0.29, 0.717) is 16.4 Å². The maximum atomic E-state index is 12.0. The number of nitrogens with zero attached hydrogens (tertiary/aromatic N) is 3. The second kappa shape index (κ2) is 7.93. The van der Waals surface area contributed by atoms with E-state index >= 15 is 0 Å². The number of fused-ring (bicyclic) bond motifs is 1. The summed E-state index contributed by atoms with van der Waals surface area (Å²) in [6, 6.07) is 9.52. The number of nitrogens with one attached hydrogen (secondary N) is 1. The van der Waals surface area contributed by atoms with Gasteiger partial charge < -0.3 is 5.32 Å². The molecular weight excluding hydrogens is 320 g/mol. The van der Waals surface area contributed by atoms with E-state index in [9.17, 15) is 10.1 Å². The zero-order valence-corrected chi connectivity index (χ0v) is 14.1. The summed E-state index contributed by atoms with van der Waals surface area (Å²) in [5, 5.41) is 12.8. The molecule has 0 atom stereocenters. The van der Waals surface area contributed by atoms with Gasteiger partial charge in [-0.1, -0.05) is 24.2 Å². The van der Waals surface area contributed by atoms with Crippen LogP contribution in [0.5, 0.6) is 0 Å². The molecule has 2 heterocycles. The van der Waals surface area contributed by atoms with Gasteiger partial charge in [0, 0.05) is 11.9 Å². The molecule has 0 radical (unpaired) electrons. The maximum absolute atomic E-state index is 12.0. The molecule has 1 aliphatic rings. The first kappa shape index (κ1) is 16.5. The minimum absolute atomic E-state index is 0.153. The standard InChI is InChI=1S/C18H18N4OS/c19-11-14-10-13-6-2-1-3-7-15(13)21-18(14)24-12-17(23)22-16-8-4-5-9-20-16/h4-5,8-10H,1-3,6-7,12H2,(H,20,22,23). The van der Waals surface area contributed by atoms with Gasteiger partial charge in [0.05, 0.1) is 11.3 Å². The van der Waals surface area contributed by atoms with Gasteiger partial charge in [-0.3, -0.25) is 4.79 Å². The third kappa shape index (κ3) is 4.12.